The predicted molar refractivity (Wildman–Crippen MR) is 74.9 cm³/mol. The highest BCUT2D eigenvalue weighted by molar-refractivity contribution is 6.33. The molecule has 1 unspecified atom stereocenters. The number of hydrogen-bond acceptors (Lipinski definition) is 3. The van der Waals surface area contributed by atoms with Gasteiger partial charge in [-0.1, -0.05) is 23.7 Å². The molecule has 0 aliphatic carbocycles. The maximum Gasteiger partial charge on any atom is 0.0643 e. The minimum atomic E-state index is 0.224. The van der Waals surface area contributed by atoms with Crippen molar-refractivity contribution in [1.82, 2.24) is 4.90 Å². The molecule has 1 aliphatic rings. The Balaban J connectivity index is 2.27. The summed E-state index contributed by atoms with van der Waals surface area (Å²) in [5, 5.41) is 9.77. The van der Waals surface area contributed by atoms with Gasteiger partial charge in [0.25, 0.3) is 0 Å². The molecule has 0 aromatic heterocycles. The lowest BCUT2D eigenvalue weighted by atomic mass is 10.1. The summed E-state index contributed by atoms with van der Waals surface area (Å²) in [6, 6.07) is 10.4. The van der Waals surface area contributed by atoms with Gasteiger partial charge in [0.15, 0.2) is 0 Å². The molecule has 0 radical (unpaired) electrons. The van der Waals surface area contributed by atoms with E-state index in [4.69, 9.17) is 16.9 Å². The first kappa shape index (κ1) is 13.2. The van der Waals surface area contributed by atoms with Crippen molar-refractivity contribution in [3.05, 3.63) is 29.3 Å². The lowest BCUT2D eigenvalue weighted by Crippen LogP contribution is -2.40. The molecule has 4 heteroatoms. The molecule has 1 saturated heterocycles. The summed E-state index contributed by atoms with van der Waals surface area (Å²) in [5.41, 5.74) is 1.05. The highest BCUT2D eigenvalue weighted by Gasteiger charge is 2.24. The average Bonchev–Trinajstić information content (AvgIpc) is 2.52. The number of hydrogen-bond donors (Lipinski definition) is 0. The van der Waals surface area contributed by atoms with Gasteiger partial charge < -0.3 is 9.80 Å². The van der Waals surface area contributed by atoms with Crippen LogP contribution in [-0.4, -0.2) is 37.6 Å². The molecular weight excluding hydrogens is 246 g/mol. The monoisotopic (exact) mass is 263 g/mol. The first-order valence-corrected chi connectivity index (χ1v) is 6.67. The van der Waals surface area contributed by atoms with Crippen LogP contribution in [0.15, 0.2) is 24.3 Å². The SMILES string of the molecule is CN1CCCN(c2ccccc2Cl)C(CC#N)C1. The molecule has 18 heavy (non-hydrogen) atoms. The van der Waals surface area contributed by atoms with Crippen LogP contribution in [0.25, 0.3) is 0 Å². The molecular formula is C14H18ClN3. The van der Waals surface area contributed by atoms with Crippen LogP contribution in [0.5, 0.6) is 0 Å². The van der Waals surface area contributed by atoms with E-state index in [9.17, 15) is 0 Å². The van der Waals surface area contributed by atoms with E-state index in [1.807, 2.05) is 24.3 Å². The standard InChI is InChI=1S/C14H18ClN3/c1-17-9-4-10-18(12(11-17)7-8-16)14-6-3-2-5-13(14)15/h2-3,5-6,12H,4,7,9-11H2,1H3. The van der Waals surface area contributed by atoms with Crippen molar-refractivity contribution < 1.29 is 0 Å². The van der Waals surface area contributed by atoms with Crippen molar-refractivity contribution in [2.75, 3.05) is 31.6 Å². The van der Waals surface area contributed by atoms with Gasteiger partial charge in [0.2, 0.25) is 0 Å². The molecule has 1 aromatic rings. The van der Waals surface area contributed by atoms with Crippen molar-refractivity contribution in [2.24, 2.45) is 0 Å². The Hall–Kier alpha value is -1.24. The second-order valence-corrected chi connectivity index (χ2v) is 5.18. The second kappa shape index (κ2) is 6.08. The molecule has 0 saturated carbocycles. The number of likely N-dealkylation sites (N-methyl/N-ethyl adjacent to an activating group) is 1. The van der Waals surface area contributed by atoms with Gasteiger partial charge >= 0.3 is 0 Å². The van der Waals surface area contributed by atoms with Crippen molar-refractivity contribution >= 4 is 17.3 Å². The summed E-state index contributed by atoms with van der Waals surface area (Å²) in [6.45, 7) is 2.95. The highest BCUT2D eigenvalue weighted by Crippen LogP contribution is 2.29. The summed E-state index contributed by atoms with van der Waals surface area (Å²) in [7, 11) is 2.11. The molecule has 1 fully saturated rings. The van der Waals surface area contributed by atoms with Crippen LogP contribution < -0.4 is 4.90 Å². The largest absolute Gasteiger partial charge is 0.365 e. The van der Waals surface area contributed by atoms with Crippen LogP contribution in [0.3, 0.4) is 0 Å². The third kappa shape index (κ3) is 2.95. The van der Waals surface area contributed by atoms with E-state index in [0.717, 1.165) is 36.8 Å². The minimum Gasteiger partial charge on any atom is -0.365 e. The maximum absolute atomic E-state index is 9.00. The summed E-state index contributed by atoms with van der Waals surface area (Å²) in [6.07, 6.45) is 1.64. The predicted octanol–water partition coefficient (Wildman–Crippen LogP) is 2.76. The van der Waals surface area contributed by atoms with Crippen LogP contribution in [-0.2, 0) is 0 Å². The second-order valence-electron chi connectivity index (χ2n) is 4.78. The Morgan fingerprint density at radius 2 is 2.17 bits per heavy atom. The van der Waals surface area contributed by atoms with Gasteiger partial charge in [-0.25, -0.2) is 0 Å². The Labute approximate surface area is 114 Å². The van der Waals surface area contributed by atoms with Crippen molar-refractivity contribution in [1.29, 1.82) is 5.26 Å². The van der Waals surface area contributed by atoms with E-state index in [-0.39, 0.29) is 6.04 Å². The molecule has 0 bridgehead atoms. The molecule has 1 heterocycles. The van der Waals surface area contributed by atoms with E-state index >= 15 is 0 Å². The summed E-state index contributed by atoms with van der Waals surface area (Å²) >= 11 is 6.27. The number of halogens is 1. The number of anilines is 1. The Morgan fingerprint density at radius 3 is 2.89 bits per heavy atom. The molecule has 96 valence electrons. The molecule has 0 N–H and O–H groups in total. The normalized spacial score (nSPS) is 21.4. The van der Waals surface area contributed by atoms with Crippen LogP contribution in [0.1, 0.15) is 12.8 Å². The fraction of sp³-hybridized carbons (Fsp3) is 0.500. The Kier molecular flexibility index (Phi) is 4.46. The van der Waals surface area contributed by atoms with E-state index in [2.05, 4.69) is 22.9 Å². The number of benzene rings is 1. The van der Waals surface area contributed by atoms with Crippen LogP contribution >= 0.6 is 11.6 Å². The highest BCUT2D eigenvalue weighted by atomic mass is 35.5. The number of para-hydroxylation sites is 1. The molecule has 0 spiro atoms. The fourth-order valence-electron chi connectivity index (χ4n) is 2.53. The molecule has 1 atom stereocenters. The smallest absolute Gasteiger partial charge is 0.0643 e. The summed E-state index contributed by atoms with van der Waals surface area (Å²) in [4.78, 5) is 4.58. The Bertz CT molecular complexity index is 441. The zero-order valence-electron chi connectivity index (χ0n) is 10.6. The first-order chi connectivity index (χ1) is 8.72. The number of rotatable bonds is 2. The Morgan fingerprint density at radius 1 is 1.39 bits per heavy atom. The van der Waals surface area contributed by atoms with Gasteiger partial charge in [-0.15, -0.1) is 0 Å². The molecule has 1 aliphatic heterocycles. The molecule has 1 aromatic carbocycles. The van der Waals surface area contributed by atoms with Crippen LogP contribution in [0.2, 0.25) is 5.02 Å². The zero-order valence-corrected chi connectivity index (χ0v) is 11.4. The van der Waals surface area contributed by atoms with Crippen LogP contribution in [0.4, 0.5) is 5.69 Å². The summed E-state index contributed by atoms with van der Waals surface area (Å²) in [5.74, 6) is 0. The maximum atomic E-state index is 9.00. The zero-order chi connectivity index (χ0) is 13.0. The van der Waals surface area contributed by atoms with E-state index in [0.29, 0.717) is 6.42 Å². The van der Waals surface area contributed by atoms with E-state index in [1.54, 1.807) is 0 Å². The molecule has 2 rings (SSSR count). The minimum absolute atomic E-state index is 0.224. The van der Waals surface area contributed by atoms with E-state index in [1.165, 1.54) is 0 Å². The van der Waals surface area contributed by atoms with Gasteiger partial charge in [0.05, 0.1) is 29.2 Å². The topological polar surface area (TPSA) is 30.3 Å². The lowest BCUT2D eigenvalue weighted by Gasteiger charge is -2.32. The first-order valence-electron chi connectivity index (χ1n) is 6.29. The molecule has 3 nitrogen and oxygen atoms in total. The van der Waals surface area contributed by atoms with E-state index < -0.39 is 0 Å². The van der Waals surface area contributed by atoms with Gasteiger partial charge in [0.1, 0.15) is 0 Å². The van der Waals surface area contributed by atoms with Gasteiger partial charge in [-0.2, -0.15) is 5.26 Å². The van der Waals surface area contributed by atoms with Gasteiger partial charge in [-0.3, -0.25) is 0 Å². The third-order valence-corrected chi connectivity index (χ3v) is 3.71. The quantitative estimate of drug-likeness (QED) is 0.822. The number of nitrogens with zero attached hydrogens (tertiary/aromatic N) is 3. The number of nitriles is 1. The van der Waals surface area contributed by atoms with Gasteiger partial charge in [-0.05, 0) is 32.1 Å². The summed E-state index contributed by atoms with van der Waals surface area (Å²) < 4.78 is 0. The van der Waals surface area contributed by atoms with Crippen molar-refractivity contribution in [2.45, 2.75) is 18.9 Å². The fourth-order valence-corrected chi connectivity index (χ4v) is 2.77. The average molecular weight is 264 g/mol. The van der Waals surface area contributed by atoms with Crippen LogP contribution in [0, 0.1) is 11.3 Å². The van der Waals surface area contributed by atoms with Crippen molar-refractivity contribution in [3.8, 4) is 6.07 Å². The third-order valence-electron chi connectivity index (χ3n) is 3.39. The van der Waals surface area contributed by atoms with Crippen molar-refractivity contribution in [3.63, 3.8) is 0 Å². The lowest BCUT2D eigenvalue weighted by molar-refractivity contribution is 0.332. The van der Waals surface area contributed by atoms with Gasteiger partial charge in [0, 0.05) is 13.1 Å². The molecule has 0 amide bonds.